The SMILES string of the molecule is C=CC(=C\CC)/C(=C/c1c(C)nc(C)c(CC(=O)O)c1-c1cc(F)c2c(c1C)CCCO2)[C@@H](C)CC. The lowest BCUT2D eigenvalue weighted by molar-refractivity contribution is -0.136. The minimum absolute atomic E-state index is 0.193. The van der Waals surface area contributed by atoms with Gasteiger partial charge in [-0.2, -0.15) is 0 Å². The molecule has 0 aliphatic carbocycles. The van der Waals surface area contributed by atoms with Gasteiger partial charge in [-0.15, -0.1) is 0 Å². The first-order valence-corrected chi connectivity index (χ1v) is 12.9. The number of hydrogen-bond acceptors (Lipinski definition) is 3. The van der Waals surface area contributed by atoms with Gasteiger partial charge in [0.2, 0.25) is 0 Å². The van der Waals surface area contributed by atoms with E-state index in [0.29, 0.717) is 29.2 Å². The summed E-state index contributed by atoms with van der Waals surface area (Å²) in [5.41, 5.74) is 8.28. The van der Waals surface area contributed by atoms with E-state index in [-0.39, 0.29) is 12.3 Å². The first kappa shape index (κ1) is 27.4. The van der Waals surface area contributed by atoms with Crippen molar-refractivity contribution in [2.24, 2.45) is 5.92 Å². The van der Waals surface area contributed by atoms with Gasteiger partial charge in [-0.05, 0) is 97.9 Å². The summed E-state index contributed by atoms with van der Waals surface area (Å²) in [6.45, 7) is 16.7. The first-order chi connectivity index (χ1) is 17.1. The topological polar surface area (TPSA) is 59.4 Å². The molecule has 0 saturated heterocycles. The molecule has 0 amide bonds. The summed E-state index contributed by atoms with van der Waals surface area (Å²) in [5, 5.41) is 9.78. The van der Waals surface area contributed by atoms with E-state index in [4.69, 9.17) is 9.72 Å². The van der Waals surface area contributed by atoms with Crippen LogP contribution < -0.4 is 4.74 Å². The number of aliphatic carboxylic acids is 1. The number of carbonyl (C=O) groups is 1. The fourth-order valence-corrected chi connectivity index (χ4v) is 5.10. The highest BCUT2D eigenvalue weighted by Crippen LogP contribution is 2.42. The van der Waals surface area contributed by atoms with E-state index in [9.17, 15) is 9.90 Å². The second-order valence-corrected chi connectivity index (χ2v) is 9.59. The van der Waals surface area contributed by atoms with E-state index < -0.39 is 11.8 Å². The van der Waals surface area contributed by atoms with Crippen molar-refractivity contribution in [3.63, 3.8) is 0 Å². The molecule has 5 heteroatoms. The van der Waals surface area contributed by atoms with E-state index in [1.54, 1.807) is 0 Å². The zero-order chi connectivity index (χ0) is 26.6. The standard InChI is InChI=1S/C31H38FNO3/c1-8-12-22(10-3)24(18(4)9-2)15-26-20(6)33-21(7)27(17-29(34)35)30(26)25-16-28(32)31-23(19(25)5)13-11-14-36-31/h10,12,15-16,18H,3,8-9,11,13-14,17H2,1-2,4-7H3,(H,34,35)/b22-12+,24-15+/t18-/m0/s1. The average molecular weight is 492 g/mol. The highest BCUT2D eigenvalue weighted by atomic mass is 19.1. The van der Waals surface area contributed by atoms with Gasteiger partial charge in [0.15, 0.2) is 11.6 Å². The lowest BCUT2D eigenvalue weighted by atomic mass is 9.83. The maximum absolute atomic E-state index is 15.4. The summed E-state index contributed by atoms with van der Waals surface area (Å²) in [6, 6.07) is 1.51. The molecule has 1 aliphatic rings. The number of allylic oxidation sites excluding steroid dienone is 4. The van der Waals surface area contributed by atoms with Gasteiger partial charge in [0.05, 0.1) is 13.0 Å². The van der Waals surface area contributed by atoms with Gasteiger partial charge in [-0.25, -0.2) is 4.39 Å². The molecule has 1 aliphatic heterocycles. The minimum Gasteiger partial charge on any atom is -0.490 e. The maximum atomic E-state index is 15.4. The molecule has 1 atom stereocenters. The molecule has 4 nitrogen and oxygen atoms in total. The van der Waals surface area contributed by atoms with Crippen molar-refractivity contribution in [3.05, 3.63) is 75.4 Å². The number of hydrogen-bond donors (Lipinski definition) is 1. The Balaban J connectivity index is 2.47. The number of nitrogens with zero attached hydrogens (tertiary/aromatic N) is 1. The lowest BCUT2D eigenvalue weighted by Crippen LogP contribution is -2.14. The third-order valence-corrected chi connectivity index (χ3v) is 7.19. The van der Waals surface area contributed by atoms with Gasteiger partial charge in [0.1, 0.15) is 0 Å². The van der Waals surface area contributed by atoms with Gasteiger partial charge in [-0.3, -0.25) is 9.78 Å². The number of rotatable bonds is 9. The van der Waals surface area contributed by atoms with E-state index in [1.165, 1.54) is 6.07 Å². The molecule has 0 bridgehead atoms. The van der Waals surface area contributed by atoms with Crippen molar-refractivity contribution >= 4 is 12.0 Å². The molecule has 0 fully saturated rings. The lowest BCUT2D eigenvalue weighted by Gasteiger charge is -2.25. The van der Waals surface area contributed by atoms with Crippen LogP contribution >= 0.6 is 0 Å². The number of fused-ring (bicyclic) bond motifs is 1. The second-order valence-electron chi connectivity index (χ2n) is 9.59. The Labute approximate surface area is 214 Å². The van der Waals surface area contributed by atoms with Gasteiger partial charge >= 0.3 is 5.97 Å². The van der Waals surface area contributed by atoms with Gasteiger partial charge in [0, 0.05) is 22.5 Å². The van der Waals surface area contributed by atoms with Crippen molar-refractivity contribution in [1.29, 1.82) is 0 Å². The Morgan fingerprint density at radius 1 is 1.28 bits per heavy atom. The van der Waals surface area contributed by atoms with E-state index in [2.05, 4.69) is 39.5 Å². The molecule has 2 heterocycles. The van der Waals surface area contributed by atoms with Crippen LogP contribution in [0, 0.1) is 32.5 Å². The molecule has 1 aromatic carbocycles. The minimum atomic E-state index is -0.945. The number of carboxylic acid groups (broad SMARTS) is 1. The van der Waals surface area contributed by atoms with Crippen LogP contribution in [0.25, 0.3) is 17.2 Å². The maximum Gasteiger partial charge on any atom is 0.307 e. The number of halogens is 1. The molecule has 36 heavy (non-hydrogen) atoms. The summed E-state index contributed by atoms with van der Waals surface area (Å²) in [4.78, 5) is 16.7. The smallest absolute Gasteiger partial charge is 0.307 e. The van der Waals surface area contributed by atoms with Crippen LogP contribution in [0.2, 0.25) is 0 Å². The fourth-order valence-electron chi connectivity index (χ4n) is 5.10. The largest absolute Gasteiger partial charge is 0.490 e. The number of aryl methyl sites for hydroxylation is 2. The number of pyridine rings is 1. The summed E-state index contributed by atoms with van der Waals surface area (Å²) >= 11 is 0. The van der Waals surface area contributed by atoms with Crippen LogP contribution in [0.4, 0.5) is 4.39 Å². The molecule has 2 aromatic rings. The van der Waals surface area contributed by atoms with Crippen LogP contribution in [0.3, 0.4) is 0 Å². The van der Waals surface area contributed by atoms with Crippen molar-refractivity contribution in [3.8, 4) is 16.9 Å². The first-order valence-electron chi connectivity index (χ1n) is 12.9. The Hall–Kier alpha value is -3.21. The predicted octanol–water partition coefficient (Wildman–Crippen LogP) is 7.72. The predicted molar refractivity (Wildman–Crippen MR) is 145 cm³/mol. The van der Waals surface area contributed by atoms with Gasteiger partial charge in [-0.1, -0.05) is 39.5 Å². The summed E-state index contributed by atoms with van der Waals surface area (Å²) in [7, 11) is 0. The fraction of sp³-hybridized carbons (Fsp3) is 0.419. The summed E-state index contributed by atoms with van der Waals surface area (Å²) < 4.78 is 21.0. The molecule has 0 radical (unpaired) electrons. The molecule has 3 rings (SSSR count). The highest BCUT2D eigenvalue weighted by Gasteiger charge is 2.26. The normalized spacial score (nSPS) is 14.8. The van der Waals surface area contributed by atoms with Crippen LogP contribution in [-0.2, 0) is 17.6 Å². The average Bonchev–Trinajstić information content (AvgIpc) is 2.85. The molecule has 0 unspecified atom stereocenters. The van der Waals surface area contributed by atoms with Crippen LogP contribution in [0.1, 0.15) is 73.7 Å². The van der Waals surface area contributed by atoms with Crippen LogP contribution in [0.15, 0.2) is 35.9 Å². The summed E-state index contributed by atoms with van der Waals surface area (Å²) in [6.07, 6.45) is 9.30. The van der Waals surface area contributed by atoms with Crippen LogP contribution in [-0.4, -0.2) is 22.7 Å². The highest BCUT2D eigenvalue weighted by molar-refractivity contribution is 5.87. The number of benzene rings is 1. The third-order valence-electron chi connectivity index (χ3n) is 7.19. The van der Waals surface area contributed by atoms with E-state index in [0.717, 1.165) is 64.8 Å². The molecular formula is C31H38FNO3. The zero-order valence-corrected chi connectivity index (χ0v) is 22.4. The van der Waals surface area contributed by atoms with E-state index >= 15 is 4.39 Å². The number of aromatic nitrogens is 1. The molecule has 0 saturated carbocycles. The number of ether oxygens (including phenoxy) is 1. The van der Waals surface area contributed by atoms with Crippen molar-refractivity contribution < 1.29 is 19.0 Å². The Bertz CT molecular complexity index is 1240. The monoisotopic (exact) mass is 491 g/mol. The van der Waals surface area contributed by atoms with E-state index in [1.807, 2.05) is 26.8 Å². The van der Waals surface area contributed by atoms with Crippen LogP contribution in [0.5, 0.6) is 5.75 Å². The molecule has 1 aromatic heterocycles. The van der Waals surface area contributed by atoms with Gasteiger partial charge in [0.25, 0.3) is 0 Å². The number of carboxylic acids is 1. The van der Waals surface area contributed by atoms with Gasteiger partial charge < -0.3 is 9.84 Å². The molecular weight excluding hydrogens is 453 g/mol. The Kier molecular flexibility index (Phi) is 8.89. The quantitative estimate of drug-likeness (QED) is 0.365. The second kappa shape index (κ2) is 11.7. The Morgan fingerprint density at radius 3 is 2.61 bits per heavy atom. The molecule has 1 N–H and O–H groups in total. The third kappa shape index (κ3) is 5.45. The zero-order valence-electron chi connectivity index (χ0n) is 22.4. The molecule has 0 spiro atoms. The van der Waals surface area contributed by atoms with Crippen molar-refractivity contribution in [1.82, 2.24) is 4.98 Å². The van der Waals surface area contributed by atoms with Crippen molar-refractivity contribution in [2.75, 3.05) is 6.61 Å². The Morgan fingerprint density at radius 2 is 2.00 bits per heavy atom. The van der Waals surface area contributed by atoms with Crippen molar-refractivity contribution in [2.45, 2.75) is 73.6 Å². The molecule has 192 valence electrons. The summed E-state index contributed by atoms with van der Waals surface area (Å²) in [5.74, 6) is -0.790.